The Labute approximate surface area is 135 Å². The minimum atomic E-state index is -0.210. The zero-order valence-corrected chi connectivity index (χ0v) is 13.3. The Morgan fingerprint density at radius 1 is 1.13 bits per heavy atom. The molecule has 2 aromatic rings. The second-order valence-corrected chi connectivity index (χ2v) is 5.94. The maximum Gasteiger partial charge on any atom is 0.244 e. The third-order valence-corrected chi connectivity index (χ3v) is 4.12. The minimum absolute atomic E-state index is 0.106. The molecule has 1 fully saturated rings. The number of carbonyl (C=O) groups is 1. The van der Waals surface area contributed by atoms with Crippen LogP contribution in [-0.2, 0) is 17.9 Å². The molecule has 0 bridgehead atoms. The van der Waals surface area contributed by atoms with E-state index >= 15 is 0 Å². The molecular weight excluding hydrogens is 295 g/mol. The summed E-state index contributed by atoms with van der Waals surface area (Å²) in [5, 5.41) is 4.25. The summed E-state index contributed by atoms with van der Waals surface area (Å²) in [6.07, 6.45) is 1.83. The van der Waals surface area contributed by atoms with Gasteiger partial charge in [-0.25, -0.2) is 4.39 Å². The fourth-order valence-corrected chi connectivity index (χ4v) is 2.79. The van der Waals surface area contributed by atoms with Gasteiger partial charge in [-0.1, -0.05) is 12.1 Å². The van der Waals surface area contributed by atoms with Crippen LogP contribution in [0.15, 0.2) is 36.5 Å². The molecule has 1 aromatic heterocycles. The molecule has 2 heterocycles. The molecule has 1 aliphatic rings. The average Bonchev–Trinajstić information content (AvgIpc) is 2.95. The van der Waals surface area contributed by atoms with E-state index in [9.17, 15) is 9.18 Å². The number of benzene rings is 1. The van der Waals surface area contributed by atoms with Crippen molar-refractivity contribution in [3.8, 4) is 0 Å². The van der Waals surface area contributed by atoms with E-state index in [0.717, 1.165) is 44.0 Å². The van der Waals surface area contributed by atoms with Gasteiger partial charge in [-0.05, 0) is 30.7 Å². The molecule has 1 amide bonds. The minimum Gasteiger partial charge on any atom is -0.339 e. The lowest BCUT2D eigenvalue weighted by molar-refractivity contribution is -0.133. The zero-order chi connectivity index (χ0) is 16.2. The van der Waals surface area contributed by atoms with Crippen LogP contribution < -0.4 is 0 Å². The van der Waals surface area contributed by atoms with Crippen molar-refractivity contribution in [3.05, 3.63) is 53.6 Å². The van der Waals surface area contributed by atoms with E-state index in [1.807, 2.05) is 36.2 Å². The Balaban J connectivity index is 1.48. The van der Waals surface area contributed by atoms with E-state index in [1.165, 1.54) is 12.1 Å². The smallest absolute Gasteiger partial charge is 0.244 e. The molecule has 0 atom stereocenters. The molecule has 1 aliphatic heterocycles. The Hall–Kier alpha value is -2.21. The lowest BCUT2D eigenvalue weighted by Crippen LogP contribution is -2.49. The second-order valence-electron chi connectivity index (χ2n) is 5.94. The summed E-state index contributed by atoms with van der Waals surface area (Å²) in [4.78, 5) is 16.5. The maximum atomic E-state index is 12.9. The van der Waals surface area contributed by atoms with Gasteiger partial charge >= 0.3 is 0 Å². The van der Waals surface area contributed by atoms with E-state index in [1.54, 1.807) is 4.68 Å². The topological polar surface area (TPSA) is 41.4 Å². The van der Waals surface area contributed by atoms with Crippen molar-refractivity contribution >= 4 is 5.91 Å². The fourth-order valence-electron chi connectivity index (χ4n) is 2.79. The van der Waals surface area contributed by atoms with Gasteiger partial charge in [-0.15, -0.1) is 0 Å². The summed E-state index contributed by atoms with van der Waals surface area (Å²) in [5.41, 5.74) is 2.01. The quantitative estimate of drug-likeness (QED) is 0.862. The first-order valence-corrected chi connectivity index (χ1v) is 7.85. The number of carbonyl (C=O) groups excluding carboxylic acids is 1. The predicted molar refractivity (Wildman–Crippen MR) is 85.2 cm³/mol. The molecule has 0 aliphatic carbocycles. The molecule has 5 nitrogen and oxygen atoms in total. The van der Waals surface area contributed by atoms with Gasteiger partial charge in [0.2, 0.25) is 5.91 Å². The van der Waals surface area contributed by atoms with E-state index in [-0.39, 0.29) is 11.7 Å². The number of piperazine rings is 1. The van der Waals surface area contributed by atoms with Crippen molar-refractivity contribution in [3.63, 3.8) is 0 Å². The van der Waals surface area contributed by atoms with E-state index in [2.05, 4.69) is 10.00 Å². The third-order valence-electron chi connectivity index (χ3n) is 4.12. The molecule has 0 radical (unpaired) electrons. The first-order valence-electron chi connectivity index (χ1n) is 7.85. The van der Waals surface area contributed by atoms with Crippen LogP contribution in [0.5, 0.6) is 0 Å². The predicted octanol–water partition coefficient (Wildman–Crippen LogP) is 1.68. The molecule has 0 unspecified atom stereocenters. The summed E-state index contributed by atoms with van der Waals surface area (Å²) in [5.74, 6) is -0.104. The lowest BCUT2D eigenvalue weighted by Gasteiger charge is -2.34. The SMILES string of the molecule is Cc1ccn(CC(=O)N2CCN(Cc3ccc(F)cc3)CC2)n1. The summed E-state index contributed by atoms with van der Waals surface area (Å²) in [6.45, 7) is 6.12. The molecule has 1 saturated heterocycles. The summed E-state index contributed by atoms with van der Waals surface area (Å²) < 4.78 is 14.6. The first kappa shape index (κ1) is 15.7. The van der Waals surface area contributed by atoms with Crippen LogP contribution in [0.25, 0.3) is 0 Å². The van der Waals surface area contributed by atoms with Crippen molar-refractivity contribution < 1.29 is 9.18 Å². The number of hydrogen-bond acceptors (Lipinski definition) is 3. The van der Waals surface area contributed by atoms with Crippen LogP contribution in [0.2, 0.25) is 0 Å². The van der Waals surface area contributed by atoms with Crippen LogP contribution >= 0.6 is 0 Å². The van der Waals surface area contributed by atoms with E-state index in [4.69, 9.17) is 0 Å². The van der Waals surface area contributed by atoms with Gasteiger partial charge in [-0.2, -0.15) is 5.10 Å². The van der Waals surface area contributed by atoms with Crippen LogP contribution in [0, 0.1) is 12.7 Å². The average molecular weight is 316 g/mol. The van der Waals surface area contributed by atoms with Gasteiger partial charge in [-0.3, -0.25) is 14.4 Å². The van der Waals surface area contributed by atoms with Gasteiger partial charge in [0.15, 0.2) is 0 Å². The van der Waals surface area contributed by atoms with Crippen molar-refractivity contribution in [2.45, 2.75) is 20.0 Å². The van der Waals surface area contributed by atoms with Gasteiger partial charge in [0.25, 0.3) is 0 Å². The van der Waals surface area contributed by atoms with Crippen LogP contribution in [0.3, 0.4) is 0 Å². The number of halogens is 1. The van der Waals surface area contributed by atoms with Crippen LogP contribution in [0.1, 0.15) is 11.3 Å². The van der Waals surface area contributed by atoms with Gasteiger partial charge in [0.1, 0.15) is 12.4 Å². The van der Waals surface area contributed by atoms with E-state index in [0.29, 0.717) is 6.54 Å². The Morgan fingerprint density at radius 2 is 1.83 bits per heavy atom. The molecule has 0 spiro atoms. The second kappa shape index (κ2) is 6.91. The van der Waals surface area contributed by atoms with Gasteiger partial charge in [0.05, 0.1) is 5.69 Å². The maximum absolute atomic E-state index is 12.9. The largest absolute Gasteiger partial charge is 0.339 e. The van der Waals surface area contributed by atoms with Crippen molar-refractivity contribution in [1.29, 1.82) is 0 Å². The monoisotopic (exact) mass is 316 g/mol. The van der Waals surface area contributed by atoms with Gasteiger partial charge in [0, 0.05) is 38.9 Å². The van der Waals surface area contributed by atoms with Crippen molar-refractivity contribution in [2.24, 2.45) is 0 Å². The number of amides is 1. The summed E-state index contributed by atoms with van der Waals surface area (Å²) >= 11 is 0. The highest BCUT2D eigenvalue weighted by atomic mass is 19.1. The molecular formula is C17H21FN4O. The summed E-state index contributed by atoms with van der Waals surface area (Å²) in [6, 6.07) is 8.50. The number of rotatable bonds is 4. The Bertz CT molecular complexity index is 659. The van der Waals surface area contributed by atoms with Gasteiger partial charge < -0.3 is 4.90 Å². The Kier molecular flexibility index (Phi) is 4.71. The Morgan fingerprint density at radius 3 is 2.43 bits per heavy atom. The van der Waals surface area contributed by atoms with Crippen molar-refractivity contribution in [2.75, 3.05) is 26.2 Å². The normalized spacial score (nSPS) is 15.8. The molecule has 3 rings (SSSR count). The number of nitrogens with zero attached hydrogens (tertiary/aromatic N) is 4. The molecule has 23 heavy (non-hydrogen) atoms. The third kappa shape index (κ3) is 4.16. The lowest BCUT2D eigenvalue weighted by atomic mass is 10.2. The van der Waals surface area contributed by atoms with Crippen molar-refractivity contribution in [1.82, 2.24) is 19.6 Å². The molecule has 0 N–H and O–H groups in total. The highest BCUT2D eigenvalue weighted by molar-refractivity contribution is 5.76. The fraction of sp³-hybridized carbons (Fsp3) is 0.412. The van der Waals surface area contributed by atoms with Crippen LogP contribution in [-0.4, -0.2) is 51.7 Å². The highest BCUT2D eigenvalue weighted by Crippen LogP contribution is 2.10. The number of aryl methyl sites for hydroxylation is 1. The summed E-state index contributed by atoms with van der Waals surface area (Å²) in [7, 11) is 0. The zero-order valence-electron chi connectivity index (χ0n) is 13.3. The molecule has 1 aromatic carbocycles. The number of aromatic nitrogens is 2. The van der Waals surface area contributed by atoms with E-state index < -0.39 is 0 Å². The molecule has 6 heteroatoms. The first-order chi connectivity index (χ1) is 11.1. The van der Waals surface area contributed by atoms with Crippen LogP contribution in [0.4, 0.5) is 4.39 Å². The highest BCUT2D eigenvalue weighted by Gasteiger charge is 2.21. The molecule has 122 valence electrons. The standard InChI is InChI=1S/C17H21FN4O/c1-14-6-7-22(19-14)13-17(23)21-10-8-20(9-11-21)12-15-2-4-16(18)5-3-15/h2-7H,8-13H2,1H3. The number of hydrogen-bond donors (Lipinski definition) is 0. The molecule has 0 saturated carbocycles.